The van der Waals surface area contributed by atoms with Crippen LogP contribution in [0.1, 0.15) is 30.1 Å². The molecule has 188 valence electrons. The number of carboxylic acid groups (broad SMARTS) is 1. The van der Waals surface area contributed by atoms with Gasteiger partial charge < -0.3 is 29.4 Å². The predicted octanol–water partition coefficient (Wildman–Crippen LogP) is 4.15. The van der Waals surface area contributed by atoms with Crippen LogP contribution in [0, 0.1) is 0 Å². The molecular weight excluding hydrogens is 456 g/mol. The van der Waals surface area contributed by atoms with Crippen molar-refractivity contribution in [2.75, 3.05) is 32.1 Å². The summed E-state index contributed by atoms with van der Waals surface area (Å²) in [6.07, 6.45) is 0.429. The smallest absolute Gasteiger partial charge is 0.404 e. The Morgan fingerprint density at radius 1 is 1.19 bits per heavy atom. The number of anilines is 1. The Balaban J connectivity index is 1.59. The van der Waals surface area contributed by atoms with Gasteiger partial charge in [0.1, 0.15) is 0 Å². The number of nitrogens with one attached hydrogen (secondary N) is 1. The van der Waals surface area contributed by atoms with E-state index in [2.05, 4.69) is 39.6 Å². The normalized spacial score (nSPS) is 16.0. The van der Waals surface area contributed by atoms with E-state index in [-0.39, 0.29) is 11.9 Å². The maximum atomic E-state index is 13.5. The van der Waals surface area contributed by atoms with Crippen LogP contribution >= 0.6 is 0 Å². The molecule has 2 aromatic carbocycles. The first kappa shape index (κ1) is 23.7. The SMILES string of the molecule is CCn1c(-c2nc3cc(C(=O)N4CCCC(NC(=O)O)C4)cc(N(C)C)c3n2C)cc2ccccc21. The molecule has 2 amide bonds. The third kappa shape index (κ3) is 4.04. The van der Waals surface area contributed by atoms with Gasteiger partial charge in [-0.1, -0.05) is 18.2 Å². The number of piperidine rings is 1. The van der Waals surface area contributed by atoms with Crippen molar-refractivity contribution in [3.05, 3.63) is 48.0 Å². The number of rotatable bonds is 5. The highest BCUT2D eigenvalue weighted by Crippen LogP contribution is 2.34. The topological polar surface area (TPSA) is 95.6 Å². The van der Waals surface area contributed by atoms with Crippen molar-refractivity contribution in [2.24, 2.45) is 7.05 Å². The van der Waals surface area contributed by atoms with Crippen LogP contribution in [-0.2, 0) is 13.6 Å². The van der Waals surface area contributed by atoms with E-state index in [1.54, 1.807) is 4.90 Å². The van der Waals surface area contributed by atoms with E-state index in [0.29, 0.717) is 18.7 Å². The number of benzene rings is 2. The third-order valence-electron chi connectivity index (χ3n) is 7.07. The average Bonchev–Trinajstić information content (AvgIpc) is 3.39. The van der Waals surface area contributed by atoms with E-state index in [0.717, 1.165) is 47.6 Å². The number of carbonyl (C=O) groups is 2. The van der Waals surface area contributed by atoms with E-state index >= 15 is 0 Å². The second-order valence-electron chi connectivity index (χ2n) is 9.62. The van der Waals surface area contributed by atoms with Gasteiger partial charge in [-0.2, -0.15) is 0 Å². The number of aromatic nitrogens is 3. The zero-order valence-corrected chi connectivity index (χ0v) is 21.2. The Hall–Kier alpha value is -4.01. The van der Waals surface area contributed by atoms with Gasteiger partial charge in [-0.3, -0.25) is 4.79 Å². The molecule has 5 rings (SSSR count). The first-order chi connectivity index (χ1) is 17.3. The Bertz CT molecular complexity index is 1470. The highest BCUT2D eigenvalue weighted by atomic mass is 16.4. The van der Waals surface area contributed by atoms with E-state index in [4.69, 9.17) is 10.1 Å². The lowest BCUT2D eigenvalue weighted by Crippen LogP contribution is -2.49. The molecule has 2 N–H and O–H groups in total. The molecule has 0 radical (unpaired) electrons. The van der Waals surface area contributed by atoms with Crippen molar-refractivity contribution in [3.63, 3.8) is 0 Å². The minimum Gasteiger partial charge on any atom is -0.465 e. The zero-order valence-electron chi connectivity index (χ0n) is 21.2. The third-order valence-corrected chi connectivity index (χ3v) is 7.07. The maximum absolute atomic E-state index is 13.5. The number of fused-ring (bicyclic) bond motifs is 2. The first-order valence-corrected chi connectivity index (χ1v) is 12.3. The summed E-state index contributed by atoms with van der Waals surface area (Å²) in [5.74, 6) is 0.742. The van der Waals surface area contributed by atoms with Crippen molar-refractivity contribution in [1.29, 1.82) is 0 Å². The lowest BCUT2D eigenvalue weighted by Gasteiger charge is -2.32. The van der Waals surface area contributed by atoms with Gasteiger partial charge in [-0.25, -0.2) is 9.78 Å². The van der Waals surface area contributed by atoms with Crippen molar-refractivity contribution < 1.29 is 14.7 Å². The Morgan fingerprint density at radius 2 is 1.97 bits per heavy atom. The van der Waals surface area contributed by atoms with Gasteiger partial charge in [0, 0.05) is 63.3 Å². The number of hydrogen-bond acceptors (Lipinski definition) is 4. The molecule has 1 saturated heterocycles. The number of nitrogens with zero attached hydrogens (tertiary/aromatic N) is 5. The van der Waals surface area contributed by atoms with Crippen LogP contribution in [0.4, 0.5) is 10.5 Å². The minimum atomic E-state index is -1.06. The molecule has 36 heavy (non-hydrogen) atoms. The highest BCUT2D eigenvalue weighted by Gasteiger charge is 2.27. The molecule has 1 aliphatic heterocycles. The van der Waals surface area contributed by atoms with E-state index in [9.17, 15) is 9.59 Å². The second kappa shape index (κ2) is 9.22. The lowest BCUT2D eigenvalue weighted by molar-refractivity contribution is 0.0692. The molecule has 0 spiro atoms. The van der Waals surface area contributed by atoms with E-state index in [1.165, 1.54) is 10.9 Å². The van der Waals surface area contributed by atoms with Crippen molar-refractivity contribution in [1.82, 2.24) is 24.3 Å². The monoisotopic (exact) mass is 488 g/mol. The number of likely N-dealkylation sites (tertiary alicyclic amines) is 1. The molecule has 3 heterocycles. The number of hydrogen-bond donors (Lipinski definition) is 2. The number of para-hydroxylation sites is 1. The summed E-state index contributed by atoms with van der Waals surface area (Å²) < 4.78 is 4.37. The molecule has 0 aliphatic carbocycles. The Kier molecular flexibility index (Phi) is 6.07. The van der Waals surface area contributed by atoms with E-state index < -0.39 is 6.09 Å². The first-order valence-electron chi connectivity index (χ1n) is 12.3. The van der Waals surface area contributed by atoms with Crippen molar-refractivity contribution in [2.45, 2.75) is 32.4 Å². The number of aryl methyl sites for hydroxylation is 2. The van der Waals surface area contributed by atoms with Gasteiger partial charge >= 0.3 is 6.09 Å². The molecule has 1 aliphatic rings. The van der Waals surface area contributed by atoms with Crippen LogP contribution in [0.2, 0.25) is 0 Å². The van der Waals surface area contributed by atoms with Gasteiger partial charge in [0.05, 0.1) is 22.4 Å². The molecule has 1 fully saturated rings. The molecule has 9 heteroatoms. The summed E-state index contributed by atoms with van der Waals surface area (Å²) in [4.78, 5) is 33.4. The number of amides is 2. The highest BCUT2D eigenvalue weighted by molar-refractivity contribution is 6.02. The van der Waals surface area contributed by atoms with Crippen LogP contribution in [-0.4, -0.2) is 69.4 Å². The molecular formula is C27H32N6O3. The second-order valence-corrected chi connectivity index (χ2v) is 9.62. The average molecular weight is 489 g/mol. The maximum Gasteiger partial charge on any atom is 0.404 e. The largest absolute Gasteiger partial charge is 0.465 e. The molecule has 0 bridgehead atoms. The summed E-state index contributed by atoms with van der Waals surface area (Å²) in [6.45, 7) is 3.92. The number of carbonyl (C=O) groups excluding carboxylic acids is 1. The molecule has 4 aromatic rings. The van der Waals surface area contributed by atoms with Crippen molar-refractivity contribution in [3.8, 4) is 11.5 Å². The van der Waals surface area contributed by atoms with Gasteiger partial charge in [-0.15, -0.1) is 0 Å². The fourth-order valence-electron chi connectivity index (χ4n) is 5.39. The van der Waals surface area contributed by atoms with Gasteiger partial charge in [0.15, 0.2) is 5.82 Å². The van der Waals surface area contributed by atoms with Gasteiger partial charge in [0.2, 0.25) is 0 Å². The fourth-order valence-corrected chi connectivity index (χ4v) is 5.39. The van der Waals surface area contributed by atoms with E-state index in [1.807, 2.05) is 50.3 Å². The van der Waals surface area contributed by atoms with Gasteiger partial charge in [0.25, 0.3) is 5.91 Å². The van der Waals surface area contributed by atoms with Crippen LogP contribution in [0.3, 0.4) is 0 Å². The standard InChI is InChI=1S/C27H32N6O3/c1-5-33-21-11-7-6-9-17(21)14-23(33)25-29-20-13-18(15-22(30(2)3)24(20)31(25)4)26(34)32-12-8-10-19(16-32)28-27(35)36/h6-7,9,11,13-15,19,28H,5,8,10,12,16H2,1-4H3,(H,35,36). The molecule has 1 unspecified atom stereocenters. The summed E-state index contributed by atoms with van der Waals surface area (Å²) >= 11 is 0. The summed E-state index contributed by atoms with van der Waals surface area (Å²) in [5, 5.41) is 12.8. The van der Waals surface area contributed by atoms with Crippen LogP contribution in [0.15, 0.2) is 42.5 Å². The zero-order chi connectivity index (χ0) is 25.6. The molecule has 2 aromatic heterocycles. The van der Waals surface area contributed by atoms with Crippen LogP contribution < -0.4 is 10.2 Å². The molecule has 1 atom stereocenters. The fraction of sp³-hybridized carbons (Fsp3) is 0.370. The number of imidazole rings is 1. The van der Waals surface area contributed by atoms with Crippen LogP contribution in [0.25, 0.3) is 33.5 Å². The molecule has 9 nitrogen and oxygen atoms in total. The summed E-state index contributed by atoms with van der Waals surface area (Å²) in [5.41, 5.74) is 5.39. The lowest BCUT2D eigenvalue weighted by atomic mass is 10.0. The Morgan fingerprint density at radius 3 is 2.69 bits per heavy atom. The summed E-state index contributed by atoms with van der Waals surface area (Å²) in [7, 11) is 5.95. The van der Waals surface area contributed by atoms with Crippen LogP contribution in [0.5, 0.6) is 0 Å². The minimum absolute atomic E-state index is 0.105. The Labute approximate surface area is 209 Å². The van der Waals surface area contributed by atoms with Gasteiger partial charge in [-0.05, 0) is 44.0 Å². The predicted molar refractivity (Wildman–Crippen MR) is 142 cm³/mol. The van der Waals surface area contributed by atoms with Crippen molar-refractivity contribution >= 4 is 39.6 Å². The summed E-state index contributed by atoms with van der Waals surface area (Å²) in [6, 6.07) is 14.0. The molecule has 0 saturated carbocycles. The quantitative estimate of drug-likeness (QED) is 0.440.